The third-order valence-electron chi connectivity index (χ3n) is 5.61. The molecule has 0 bridgehead atoms. The number of ether oxygens (including phenoxy) is 1. The zero-order valence-electron chi connectivity index (χ0n) is 12.8. The summed E-state index contributed by atoms with van der Waals surface area (Å²) in [5, 5.41) is 3.70. The summed E-state index contributed by atoms with van der Waals surface area (Å²) in [7, 11) is 0. The van der Waals surface area contributed by atoms with E-state index in [0.717, 1.165) is 30.7 Å². The van der Waals surface area contributed by atoms with Crippen molar-refractivity contribution in [1.29, 1.82) is 0 Å². The van der Waals surface area contributed by atoms with Crippen LogP contribution in [0.3, 0.4) is 0 Å². The summed E-state index contributed by atoms with van der Waals surface area (Å²) in [6.07, 6.45) is 6.63. The second-order valence-electron chi connectivity index (χ2n) is 6.77. The fraction of sp³-hybridized carbons (Fsp3) is 0.667. The standard InChI is InChI=1S/C18H26N2O/c1-2-6-18-15(4-1)17(9-13-21-18)20-11-7-14(8-12-20)16-5-3-10-19-16/h1-2,4,6,14,16-17,19H,3,5,7-13H2. The molecular formula is C18H26N2O. The van der Waals surface area contributed by atoms with Gasteiger partial charge in [-0.15, -0.1) is 0 Å². The minimum Gasteiger partial charge on any atom is -0.493 e. The summed E-state index contributed by atoms with van der Waals surface area (Å²) in [5.74, 6) is 2.01. The summed E-state index contributed by atoms with van der Waals surface area (Å²) < 4.78 is 5.81. The Bertz CT molecular complexity index is 476. The fourth-order valence-electron chi connectivity index (χ4n) is 4.45. The molecule has 3 nitrogen and oxygen atoms in total. The van der Waals surface area contributed by atoms with Crippen LogP contribution in [0, 0.1) is 5.92 Å². The molecule has 2 fully saturated rings. The molecule has 0 amide bonds. The second kappa shape index (κ2) is 5.98. The van der Waals surface area contributed by atoms with Crippen LogP contribution >= 0.6 is 0 Å². The normalized spacial score (nSPS) is 30.9. The average Bonchev–Trinajstić information content (AvgIpc) is 3.09. The minimum atomic E-state index is 0.576. The Balaban J connectivity index is 1.42. The van der Waals surface area contributed by atoms with Gasteiger partial charge < -0.3 is 10.1 Å². The molecule has 1 N–H and O–H groups in total. The van der Waals surface area contributed by atoms with Gasteiger partial charge in [0.15, 0.2) is 0 Å². The van der Waals surface area contributed by atoms with E-state index < -0.39 is 0 Å². The van der Waals surface area contributed by atoms with Crippen LogP contribution in [-0.2, 0) is 0 Å². The van der Waals surface area contributed by atoms with E-state index in [4.69, 9.17) is 4.74 Å². The Kier molecular flexibility index (Phi) is 3.87. The molecular weight excluding hydrogens is 260 g/mol. The summed E-state index contributed by atoms with van der Waals surface area (Å²) in [4.78, 5) is 2.70. The molecule has 0 aliphatic carbocycles. The highest BCUT2D eigenvalue weighted by atomic mass is 16.5. The number of hydrogen-bond donors (Lipinski definition) is 1. The molecule has 3 heteroatoms. The number of rotatable bonds is 2. The first-order chi connectivity index (χ1) is 10.4. The van der Waals surface area contributed by atoms with Gasteiger partial charge in [-0.25, -0.2) is 0 Å². The number of piperidine rings is 1. The maximum Gasteiger partial charge on any atom is 0.124 e. The van der Waals surface area contributed by atoms with Crippen molar-refractivity contribution in [2.75, 3.05) is 26.2 Å². The molecule has 0 saturated carbocycles. The minimum absolute atomic E-state index is 0.576. The predicted octanol–water partition coefficient (Wildman–Crippen LogP) is 2.97. The van der Waals surface area contributed by atoms with E-state index in [1.807, 2.05) is 0 Å². The first-order valence-electron chi connectivity index (χ1n) is 8.61. The lowest BCUT2D eigenvalue weighted by atomic mass is 9.87. The summed E-state index contributed by atoms with van der Waals surface area (Å²) in [6, 6.07) is 9.98. The molecule has 2 atom stereocenters. The topological polar surface area (TPSA) is 24.5 Å². The van der Waals surface area contributed by atoms with E-state index in [-0.39, 0.29) is 0 Å². The zero-order chi connectivity index (χ0) is 14.1. The van der Waals surface area contributed by atoms with E-state index in [9.17, 15) is 0 Å². The molecule has 21 heavy (non-hydrogen) atoms. The van der Waals surface area contributed by atoms with Gasteiger partial charge in [0.1, 0.15) is 5.75 Å². The van der Waals surface area contributed by atoms with Gasteiger partial charge in [0.05, 0.1) is 6.61 Å². The fourth-order valence-corrected chi connectivity index (χ4v) is 4.45. The second-order valence-corrected chi connectivity index (χ2v) is 6.77. The van der Waals surface area contributed by atoms with Crippen LogP contribution in [0.2, 0.25) is 0 Å². The monoisotopic (exact) mass is 286 g/mol. The summed E-state index contributed by atoms with van der Waals surface area (Å²) in [5.41, 5.74) is 1.40. The molecule has 1 aromatic carbocycles. The van der Waals surface area contributed by atoms with Crippen molar-refractivity contribution in [2.24, 2.45) is 5.92 Å². The van der Waals surface area contributed by atoms with Gasteiger partial charge in [-0.2, -0.15) is 0 Å². The van der Waals surface area contributed by atoms with E-state index >= 15 is 0 Å². The Hall–Kier alpha value is -1.06. The smallest absolute Gasteiger partial charge is 0.124 e. The van der Waals surface area contributed by atoms with E-state index in [1.54, 1.807) is 0 Å². The van der Waals surface area contributed by atoms with Gasteiger partial charge in [-0.1, -0.05) is 18.2 Å². The van der Waals surface area contributed by atoms with Crippen LogP contribution in [0.1, 0.15) is 43.7 Å². The lowest BCUT2D eigenvalue weighted by Gasteiger charge is -2.41. The first-order valence-corrected chi connectivity index (χ1v) is 8.61. The summed E-state index contributed by atoms with van der Waals surface area (Å²) in [6.45, 7) is 4.60. The predicted molar refractivity (Wildman–Crippen MR) is 84.6 cm³/mol. The van der Waals surface area contributed by atoms with E-state index in [0.29, 0.717) is 6.04 Å². The van der Waals surface area contributed by atoms with Crippen molar-refractivity contribution < 1.29 is 4.74 Å². The molecule has 0 aromatic heterocycles. The zero-order valence-corrected chi connectivity index (χ0v) is 12.8. The van der Waals surface area contributed by atoms with Crippen LogP contribution in [0.25, 0.3) is 0 Å². The van der Waals surface area contributed by atoms with Gasteiger partial charge in [0, 0.05) is 24.1 Å². The maximum absolute atomic E-state index is 5.81. The van der Waals surface area contributed by atoms with Crippen molar-refractivity contribution in [1.82, 2.24) is 10.2 Å². The quantitative estimate of drug-likeness (QED) is 0.904. The largest absolute Gasteiger partial charge is 0.493 e. The number of nitrogens with zero attached hydrogens (tertiary/aromatic N) is 1. The van der Waals surface area contributed by atoms with Crippen molar-refractivity contribution in [3.63, 3.8) is 0 Å². The highest BCUT2D eigenvalue weighted by molar-refractivity contribution is 5.37. The maximum atomic E-state index is 5.81. The Labute approximate surface area is 127 Å². The molecule has 3 aliphatic heterocycles. The Morgan fingerprint density at radius 2 is 1.90 bits per heavy atom. The van der Waals surface area contributed by atoms with Gasteiger partial charge in [-0.05, 0) is 57.3 Å². The van der Waals surface area contributed by atoms with Crippen molar-refractivity contribution in [3.05, 3.63) is 29.8 Å². The molecule has 2 saturated heterocycles. The third kappa shape index (κ3) is 2.69. The number of likely N-dealkylation sites (tertiary alicyclic amines) is 1. The van der Waals surface area contributed by atoms with E-state index in [2.05, 4.69) is 34.5 Å². The van der Waals surface area contributed by atoms with Crippen molar-refractivity contribution in [3.8, 4) is 5.75 Å². The number of fused-ring (bicyclic) bond motifs is 1. The number of hydrogen-bond acceptors (Lipinski definition) is 3. The van der Waals surface area contributed by atoms with Gasteiger partial charge in [0.25, 0.3) is 0 Å². The van der Waals surface area contributed by atoms with Crippen LogP contribution in [0.15, 0.2) is 24.3 Å². The molecule has 4 rings (SSSR count). The number of para-hydroxylation sites is 1. The van der Waals surface area contributed by atoms with Crippen molar-refractivity contribution in [2.45, 2.75) is 44.2 Å². The molecule has 0 radical (unpaired) electrons. The SMILES string of the molecule is c1ccc2c(c1)OCCC2N1CCC(C2CCCN2)CC1. The third-order valence-corrected chi connectivity index (χ3v) is 5.61. The Morgan fingerprint density at radius 3 is 2.71 bits per heavy atom. The lowest BCUT2D eigenvalue weighted by Crippen LogP contribution is -2.43. The van der Waals surface area contributed by atoms with Gasteiger partial charge in [0.2, 0.25) is 0 Å². The van der Waals surface area contributed by atoms with Gasteiger partial charge in [-0.3, -0.25) is 4.90 Å². The first kappa shape index (κ1) is 13.6. The molecule has 3 aliphatic rings. The molecule has 114 valence electrons. The van der Waals surface area contributed by atoms with Crippen LogP contribution < -0.4 is 10.1 Å². The lowest BCUT2D eigenvalue weighted by molar-refractivity contribution is 0.0905. The molecule has 1 aromatic rings. The average molecular weight is 286 g/mol. The molecule has 0 spiro atoms. The number of benzene rings is 1. The molecule has 2 unspecified atom stereocenters. The Morgan fingerprint density at radius 1 is 1.05 bits per heavy atom. The number of nitrogens with one attached hydrogen (secondary N) is 1. The van der Waals surface area contributed by atoms with Crippen LogP contribution in [-0.4, -0.2) is 37.2 Å². The van der Waals surface area contributed by atoms with Gasteiger partial charge >= 0.3 is 0 Å². The highest BCUT2D eigenvalue weighted by Gasteiger charge is 2.33. The van der Waals surface area contributed by atoms with E-state index in [1.165, 1.54) is 50.9 Å². The summed E-state index contributed by atoms with van der Waals surface area (Å²) >= 11 is 0. The molecule has 3 heterocycles. The van der Waals surface area contributed by atoms with Crippen LogP contribution in [0.4, 0.5) is 0 Å². The van der Waals surface area contributed by atoms with Crippen molar-refractivity contribution >= 4 is 0 Å². The highest BCUT2D eigenvalue weighted by Crippen LogP contribution is 2.38. The van der Waals surface area contributed by atoms with Crippen LogP contribution in [0.5, 0.6) is 5.75 Å².